The number of hydrogen-bond acceptors (Lipinski definition) is 15. The fourth-order valence-electron chi connectivity index (χ4n) is 4.76. The largest absolute Gasteiger partial charge is 0.628 e. The highest BCUT2D eigenvalue weighted by Crippen LogP contribution is 2.39. The molecule has 0 amide bonds. The molecule has 2 heterocycles. The first-order valence-corrected chi connectivity index (χ1v) is 13.9. The van der Waals surface area contributed by atoms with Crippen molar-refractivity contribution in [2.24, 2.45) is 0 Å². The zero-order chi connectivity index (χ0) is 33.5. The molecular weight excluding hydrogens is 597 g/mol. The van der Waals surface area contributed by atoms with Gasteiger partial charge in [0.25, 0.3) is 0 Å². The van der Waals surface area contributed by atoms with Crippen LogP contribution >= 0.6 is 0 Å². The number of hydrogen-bond donors (Lipinski definition) is 0. The van der Waals surface area contributed by atoms with Crippen molar-refractivity contribution in [2.75, 3.05) is 26.7 Å². The predicted molar refractivity (Wildman–Crippen MR) is 153 cm³/mol. The second-order valence-electron chi connectivity index (χ2n) is 10.7. The molecule has 5 atom stereocenters. The summed E-state index contributed by atoms with van der Waals surface area (Å²) in [5, 5.41) is 0. The first kappa shape index (κ1) is 35.0. The summed E-state index contributed by atoms with van der Waals surface area (Å²) in [7, 11) is 0.375. The topological polar surface area (TPSA) is 179 Å². The number of carbonyl (C=O) groups excluding carboxylic acids is 6. The Labute approximate surface area is 260 Å². The Morgan fingerprint density at radius 2 is 1.60 bits per heavy atom. The Kier molecular flexibility index (Phi) is 11.7. The van der Waals surface area contributed by atoms with E-state index < -0.39 is 79.7 Å². The van der Waals surface area contributed by atoms with Gasteiger partial charge in [-0.05, 0) is 50.1 Å². The lowest BCUT2D eigenvalue weighted by molar-refractivity contribution is -0.321. The molecule has 2 fully saturated rings. The minimum absolute atomic E-state index is 0.0677. The van der Waals surface area contributed by atoms with Gasteiger partial charge in [0.05, 0.1) is 13.1 Å². The second kappa shape index (κ2) is 15.0. The van der Waals surface area contributed by atoms with Crippen LogP contribution in [0.2, 0.25) is 0 Å². The van der Waals surface area contributed by atoms with Crippen LogP contribution in [0.5, 0.6) is 5.75 Å². The van der Waals surface area contributed by atoms with E-state index in [1.54, 1.807) is 38.2 Å². The van der Waals surface area contributed by atoms with E-state index >= 15 is 0 Å². The van der Waals surface area contributed by atoms with Gasteiger partial charge in [0.2, 0.25) is 11.9 Å². The van der Waals surface area contributed by atoms with E-state index in [0.717, 1.165) is 20.8 Å². The molecule has 0 radical (unpaired) electrons. The highest BCUT2D eigenvalue weighted by molar-refractivity contribution is 6.55. The molecule has 3 rings (SSSR count). The van der Waals surface area contributed by atoms with Crippen molar-refractivity contribution >= 4 is 49.0 Å². The van der Waals surface area contributed by atoms with E-state index in [9.17, 15) is 28.8 Å². The first-order valence-electron chi connectivity index (χ1n) is 13.9. The summed E-state index contributed by atoms with van der Waals surface area (Å²) >= 11 is 0. The van der Waals surface area contributed by atoms with Gasteiger partial charge in [0.1, 0.15) is 18.5 Å². The second-order valence-corrected chi connectivity index (χ2v) is 10.7. The van der Waals surface area contributed by atoms with E-state index in [1.807, 2.05) is 0 Å². The van der Waals surface area contributed by atoms with Gasteiger partial charge in [-0.25, -0.2) is 0 Å². The van der Waals surface area contributed by atoms with Gasteiger partial charge in [-0.3, -0.25) is 33.7 Å². The summed E-state index contributed by atoms with van der Waals surface area (Å²) in [6.45, 7) is 7.13. The molecule has 2 saturated heterocycles. The average Bonchev–Trinajstić information content (AvgIpc) is 2.89. The van der Waals surface area contributed by atoms with E-state index in [4.69, 9.17) is 37.7 Å². The third-order valence-electron chi connectivity index (χ3n) is 6.58. The number of ether oxygens (including phenoxy) is 6. The van der Waals surface area contributed by atoms with Gasteiger partial charge in [0, 0.05) is 27.7 Å². The van der Waals surface area contributed by atoms with Crippen molar-refractivity contribution in [3.8, 4) is 5.75 Å². The van der Waals surface area contributed by atoms with Crippen LogP contribution in [0.25, 0.3) is 6.08 Å². The smallest absolute Gasteiger partial charge is 0.495 e. The van der Waals surface area contributed by atoms with Gasteiger partial charge in [-0.15, -0.1) is 0 Å². The van der Waals surface area contributed by atoms with Gasteiger partial charge in [-0.1, -0.05) is 12.1 Å². The van der Waals surface area contributed by atoms with Gasteiger partial charge in [-0.2, -0.15) is 0 Å². The monoisotopic (exact) mass is 633 g/mol. The van der Waals surface area contributed by atoms with Crippen molar-refractivity contribution in [3.05, 3.63) is 35.3 Å². The van der Waals surface area contributed by atoms with Crippen molar-refractivity contribution in [1.29, 1.82) is 0 Å². The molecule has 45 heavy (non-hydrogen) atoms. The summed E-state index contributed by atoms with van der Waals surface area (Å²) in [6, 6.07) is 4.93. The molecule has 0 aliphatic carbocycles. The summed E-state index contributed by atoms with van der Waals surface area (Å²) in [6.07, 6.45) is -3.83. The van der Waals surface area contributed by atoms with Crippen molar-refractivity contribution in [2.45, 2.75) is 71.7 Å². The van der Waals surface area contributed by atoms with E-state index in [2.05, 4.69) is 0 Å². The lowest BCUT2D eigenvalue weighted by Gasteiger charge is -2.49. The molecular formula is C29H36BNO14. The van der Waals surface area contributed by atoms with Crippen LogP contribution in [-0.2, 0) is 61.8 Å². The zero-order valence-corrected chi connectivity index (χ0v) is 26.1. The Balaban J connectivity index is 1.92. The van der Waals surface area contributed by atoms with Crippen LogP contribution in [0, 0.1) is 6.92 Å². The van der Waals surface area contributed by atoms with Crippen molar-refractivity contribution in [3.63, 3.8) is 0 Å². The molecule has 1 aromatic carbocycles. The average molecular weight is 633 g/mol. The lowest BCUT2D eigenvalue weighted by Crippen LogP contribution is -2.70. The standard InChI is InChI=1S/C29H36BNO14/c1-16-12-21(10-11-30-44-24(36)13-31(7)14-25(37)45-30)8-9-22(16)41-28-29(6,43-20(5)35)27(40-19(4)34)26(39-18(3)33)23(42-28)15-38-17(2)32/h8-12,23,26-28H,13-15H2,1-7H3/t23-,26-,27+,28+,29+/m1/s1. The maximum absolute atomic E-state index is 12.3. The van der Waals surface area contributed by atoms with Crippen molar-refractivity contribution < 1.29 is 66.5 Å². The highest BCUT2D eigenvalue weighted by Gasteiger charge is 2.61. The number of carbonyl (C=O) groups is 6. The fraction of sp³-hybridized carbons (Fsp3) is 0.517. The minimum Gasteiger partial charge on any atom is -0.495 e. The van der Waals surface area contributed by atoms with Crippen LogP contribution in [0.1, 0.15) is 45.7 Å². The molecule has 0 spiro atoms. The summed E-state index contributed by atoms with van der Waals surface area (Å²) in [5.74, 6) is -2.39. The van der Waals surface area contributed by atoms with Gasteiger partial charge in [0.15, 0.2) is 12.2 Å². The van der Waals surface area contributed by atoms with Gasteiger partial charge < -0.3 is 37.7 Å². The quantitative estimate of drug-likeness (QED) is 0.213. The number of esters is 4. The summed E-state index contributed by atoms with van der Waals surface area (Å²) in [5.41, 5.74) is -0.657. The molecule has 0 saturated carbocycles. The van der Waals surface area contributed by atoms with E-state index in [-0.39, 0.29) is 18.8 Å². The SMILES string of the molecule is CC(=O)OC[C@H]1O[C@H](Oc2ccc(C=CB3OC(=O)CN(C)CC(=O)O3)cc2C)[C@@](C)(OC(C)=O)[C@@H](OC(C)=O)[C@@H]1OC(C)=O. The fourth-order valence-corrected chi connectivity index (χ4v) is 4.76. The number of aryl methyl sites for hydroxylation is 1. The Bertz CT molecular complexity index is 1330. The molecule has 2 aliphatic rings. The van der Waals surface area contributed by atoms with Crippen LogP contribution in [-0.4, -0.2) is 105 Å². The maximum Gasteiger partial charge on any atom is 0.628 e. The molecule has 2 aliphatic heterocycles. The Morgan fingerprint density at radius 3 is 2.13 bits per heavy atom. The minimum atomic E-state index is -1.85. The normalized spacial score (nSPS) is 25.7. The maximum atomic E-state index is 12.3. The van der Waals surface area contributed by atoms with Crippen LogP contribution < -0.4 is 4.74 Å². The molecule has 0 aromatic heterocycles. The molecule has 1 aromatic rings. The number of rotatable bonds is 9. The number of benzene rings is 1. The van der Waals surface area contributed by atoms with E-state index in [0.29, 0.717) is 11.1 Å². The van der Waals surface area contributed by atoms with Gasteiger partial charge >= 0.3 is 42.9 Å². The zero-order valence-electron chi connectivity index (χ0n) is 26.1. The molecule has 0 bridgehead atoms. The molecule has 16 heteroatoms. The third-order valence-corrected chi connectivity index (χ3v) is 6.58. The summed E-state index contributed by atoms with van der Waals surface area (Å²) in [4.78, 5) is 73.5. The molecule has 15 nitrogen and oxygen atoms in total. The van der Waals surface area contributed by atoms with E-state index in [1.165, 1.54) is 24.7 Å². The predicted octanol–water partition coefficient (Wildman–Crippen LogP) is 0.919. The molecule has 244 valence electrons. The first-order chi connectivity index (χ1) is 21.1. The third kappa shape index (κ3) is 9.78. The van der Waals surface area contributed by atoms with Crippen LogP contribution in [0.15, 0.2) is 24.2 Å². The number of likely N-dealkylation sites (N-methyl/N-ethyl adjacent to an activating group) is 1. The van der Waals surface area contributed by atoms with Crippen LogP contribution in [0.3, 0.4) is 0 Å². The highest BCUT2D eigenvalue weighted by atomic mass is 16.7. The Morgan fingerprint density at radius 1 is 0.978 bits per heavy atom. The lowest BCUT2D eigenvalue weighted by atomic mass is 9.87. The Hall–Kier alpha value is -4.44. The van der Waals surface area contributed by atoms with Crippen LogP contribution in [0.4, 0.5) is 0 Å². The molecule has 0 N–H and O–H groups in total. The molecule has 0 unspecified atom stereocenters. The van der Waals surface area contributed by atoms with Crippen molar-refractivity contribution in [1.82, 2.24) is 4.90 Å². The summed E-state index contributed by atoms with van der Waals surface area (Å²) < 4.78 is 44.3. The number of nitrogens with zero attached hydrogens (tertiary/aromatic N) is 1.